The van der Waals surface area contributed by atoms with Crippen LogP contribution in [0.25, 0.3) is 0 Å². The second-order valence-electron chi connectivity index (χ2n) is 10.0. The number of allylic oxidation sites excluding steroid dienone is 1. The number of hydrogen-bond donors (Lipinski definition) is 0. The van der Waals surface area contributed by atoms with Crippen molar-refractivity contribution in [2.24, 2.45) is 0 Å². The summed E-state index contributed by atoms with van der Waals surface area (Å²) in [7, 11) is -1.39. The van der Waals surface area contributed by atoms with Crippen molar-refractivity contribution < 1.29 is 0 Å². The Kier molecular flexibility index (Phi) is 10.3. The Morgan fingerprint density at radius 3 is 1.62 bits per heavy atom. The zero-order valence-electron chi connectivity index (χ0n) is 23.4. The summed E-state index contributed by atoms with van der Waals surface area (Å²) >= 11 is 0. The van der Waals surface area contributed by atoms with Gasteiger partial charge in [-0.2, -0.15) is 0 Å². The van der Waals surface area contributed by atoms with Crippen molar-refractivity contribution in [3.8, 4) is 0 Å². The molecule has 5 rings (SSSR count). The summed E-state index contributed by atoms with van der Waals surface area (Å²) in [5.74, 6) is 0. The van der Waals surface area contributed by atoms with Crippen molar-refractivity contribution in [1.29, 1.82) is 0 Å². The van der Waals surface area contributed by atoms with E-state index in [9.17, 15) is 0 Å². The van der Waals surface area contributed by atoms with E-state index in [2.05, 4.69) is 169 Å². The lowest BCUT2D eigenvalue weighted by molar-refractivity contribution is 0.587. The Bertz CT molecular complexity index is 1290. The minimum Gasteiger partial charge on any atom is -0.326 e. The van der Waals surface area contributed by atoms with Gasteiger partial charge in [0, 0.05) is 12.4 Å². The third-order valence-corrected chi connectivity index (χ3v) is 10.6. The van der Waals surface area contributed by atoms with E-state index in [1.54, 1.807) is 0 Å². The van der Waals surface area contributed by atoms with Gasteiger partial charge < -0.3 is 4.57 Å². The first kappa shape index (κ1) is 28.1. The summed E-state index contributed by atoms with van der Waals surface area (Å²) in [6.07, 6.45) is 10.7. The van der Waals surface area contributed by atoms with Gasteiger partial charge in [-0.3, -0.25) is 0 Å². The minimum absolute atomic E-state index is 0.177. The molecule has 2 nitrogen and oxygen atoms in total. The van der Waals surface area contributed by atoms with Crippen LogP contribution in [0.3, 0.4) is 0 Å². The Morgan fingerprint density at radius 2 is 1.21 bits per heavy atom. The highest BCUT2D eigenvalue weighted by Crippen LogP contribution is 2.37. The molecule has 0 fully saturated rings. The first-order chi connectivity index (χ1) is 19.2. The first-order valence-electron chi connectivity index (χ1n) is 14.0. The van der Waals surface area contributed by atoms with Gasteiger partial charge in [-0.15, -0.1) is 0 Å². The van der Waals surface area contributed by atoms with E-state index in [0.29, 0.717) is 6.71 Å². The topological polar surface area (TPSA) is 17.8 Å². The van der Waals surface area contributed by atoms with Crippen molar-refractivity contribution in [3.63, 3.8) is 0 Å². The summed E-state index contributed by atoms with van der Waals surface area (Å²) in [5.41, 5.74) is 7.90. The van der Waals surface area contributed by atoms with Crippen LogP contribution >= 0.6 is 0 Å². The molecule has 39 heavy (non-hydrogen) atoms. The van der Waals surface area contributed by atoms with E-state index in [0.717, 1.165) is 6.42 Å². The molecule has 5 aromatic rings. The number of aromatic nitrogens is 2. The monoisotopic (exact) mass is 526 g/mol. The Morgan fingerprint density at radius 1 is 0.744 bits per heavy atom. The Labute approximate surface area is 236 Å². The first-order valence-corrected chi connectivity index (χ1v) is 16.4. The fraction of sp³-hybridized carbons (Fsp3) is 0.171. The molecule has 0 spiro atoms. The summed E-state index contributed by atoms with van der Waals surface area (Å²) in [6, 6.07) is 42.9. The van der Waals surface area contributed by atoms with E-state index in [4.69, 9.17) is 0 Å². The van der Waals surface area contributed by atoms with Gasteiger partial charge in [-0.05, 0) is 17.5 Å². The predicted octanol–water partition coefficient (Wildman–Crippen LogP) is 6.89. The molecule has 0 aliphatic heterocycles. The number of imidazole rings is 1. The standard InChI is InChI=1S/C22H26N2Si.C13H13B/c1-3-4-11-18-25(2)22(24-17-16-23-19-24,20-12-7-5-8-13-20)21-14-9-6-10-15-21;1-14(12-8-4-2-5-9-12)13-10-6-3-7-11-13/h5-19,25H,3-4H2,1-2H3;2-11H,1H3. The maximum atomic E-state index is 4.38. The van der Waals surface area contributed by atoms with Gasteiger partial charge in [0.1, 0.15) is 0 Å². The van der Waals surface area contributed by atoms with Crippen LogP contribution in [0.4, 0.5) is 0 Å². The number of unbranched alkanes of at least 4 members (excludes halogenated alkanes) is 1. The maximum absolute atomic E-state index is 4.38. The van der Waals surface area contributed by atoms with Crippen molar-refractivity contribution >= 4 is 26.4 Å². The van der Waals surface area contributed by atoms with Gasteiger partial charge in [0.05, 0.1) is 20.3 Å². The molecular weight excluding hydrogens is 487 g/mol. The minimum atomic E-state index is -1.39. The van der Waals surface area contributed by atoms with Crippen molar-refractivity contribution in [2.45, 2.75) is 38.3 Å². The molecule has 0 saturated heterocycles. The van der Waals surface area contributed by atoms with Crippen LogP contribution in [0.1, 0.15) is 30.9 Å². The highest BCUT2D eigenvalue weighted by molar-refractivity contribution is 6.84. The molecule has 4 aromatic carbocycles. The quantitative estimate of drug-likeness (QED) is 0.191. The molecule has 1 heterocycles. The van der Waals surface area contributed by atoms with Crippen LogP contribution in [0.2, 0.25) is 13.4 Å². The molecule has 1 unspecified atom stereocenters. The zero-order chi connectivity index (χ0) is 27.3. The van der Waals surface area contributed by atoms with E-state index in [-0.39, 0.29) is 5.16 Å². The molecular formula is C35H39BN2Si. The van der Waals surface area contributed by atoms with Crippen LogP contribution in [-0.2, 0) is 5.16 Å². The predicted molar refractivity (Wildman–Crippen MR) is 172 cm³/mol. The van der Waals surface area contributed by atoms with Crippen LogP contribution in [0.5, 0.6) is 0 Å². The van der Waals surface area contributed by atoms with Crippen molar-refractivity contribution in [1.82, 2.24) is 9.55 Å². The summed E-state index contributed by atoms with van der Waals surface area (Å²) in [4.78, 5) is 4.38. The van der Waals surface area contributed by atoms with E-state index in [1.165, 1.54) is 28.5 Å². The molecule has 0 N–H and O–H groups in total. The van der Waals surface area contributed by atoms with Crippen LogP contribution in [-0.4, -0.2) is 25.1 Å². The molecule has 196 valence electrons. The smallest absolute Gasteiger partial charge is 0.206 e. The van der Waals surface area contributed by atoms with Gasteiger partial charge in [-0.25, -0.2) is 4.98 Å². The Balaban J connectivity index is 0.000000212. The lowest BCUT2D eigenvalue weighted by Gasteiger charge is -2.40. The summed E-state index contributed by atoms with van der Waals surface area (Å²) in [5, 5.41) is -0.177. The van der Waals surface area contributed by atoms with Gasteiger partial charge >= 0.3 is 0 Å². The third kappa shape index (κ3) is 6.76. The largest absolute Gasteiger partial charge is 0.326 e. The zero-order valence-corrected chi connectivity index (χ0v) is 24.6. The second-order valence-corrected chi connectivity index (χ2v) is 12.8. The van der Waals surface area contributed by atoms with Crippen molar-refractivity contribution in [3.05, 3.63) is 163 Å². The van der Waals surface area contributed by atoms with Gasteiger partial charge in [0.2, 0.25) is 6.71 Å². The lowest BCUT2D eigenvalue weighted by atomic mass is 9.43. The van der Waals surface area contributed by atoms with Crippen LogP contribution in [0, 0.1) is 0 Å². The average Bonchev–Trinajstić information content (AvgIpc) is 3.55. The van der Waals surface area contributed by atoms with Crippen LogP contribution < -0.4 is 10.9 Å². The lowest BCUT2D eigenvalue weighted by Crippen LogP contribution is -2.47. The number of rotatable bonds is 9. The highest BCUT2D eigenvalue weighted by atomic mass is 28.3. The highest BCUT2D eigenvalue weighted by Gasteiger charge is 2.40. The molecule has 0 aliphatic carbocycles. The average molecular weight is 527 g/mol. The number of nitrogens with zero attached hydrogens (tertiary/aromatic N) is 2. The second kappa shape index (κ2) is 14.3. The molecule has 1 atom stereocenters. The summed E-state index contributed by atoms with van der Waals surface area (Å²) in [6.45, 7) is 7.39. The summed E-state index contributed by atoms with van der Waals surface area (Å²) < 4.78 is 2.31. The molecule has 0 radical (unpaired) electrons. The van der Waals surface area contributed by atoms with E-state index >= 15 is 0 Å². The normalized spacial score (nSPS) is 12.0. The molecule has 0 bridgehead atoms. The molecule has 0 aliphatic rings. The molecule has 0 saturated carbocycles. The van der Waals surface area contributed by atoms with Gasteiger partial charge in [0.25, 0.3) is 0 Å². The maximum Gasteiger partial charge on any atom is 0.206 e. The van der Waals surface area contributed by atoms with Crippen molar-refractivity contribution in [2.75, 3.05) is 0 Å². The van der Waals surface area contributed by atoms with Gasteiger partial charge in [-0.1, -0.05) is 171 Å². The fourth-order valence-electron chi connectivity index (χ4n) is 5.36. The fourth-order valence-corrected chi connectivity index (χ4v) is 8.30. The molecule has 1 aromatic heterocycles. The van der Waals surface area contributed by atoms with Gasteiger partial charge in [0.15, 0.2) is 0 Å². The Hall–Kier alpha value is -3.89. The number of hydrogen-bond acceptors (Lipinski definition) is 1. The molecule has 0 amide bonds. The molecule has 4 heteroatoms. The van der Waals surface area contributed by atoms with E-state index < -0.39 is 8.80 Å². The SMILES string of the molecule is CB(c1ccccc1)c1ccccc1.CCCC=C[SiH](C)C(c1ccccc1)(c1ccccc1)n1ccnc1. The van der Waals surface area contributed by atoms with Crippen LogP contribution in [0.15, 0.2) is 152 Å². The van der Waals surface area contributed by atoms with E-state index in [1.807, 2.05) is 12.5 Å². The third-order valence-electron chi connectivity index (χ3n) is 7.48. The number of benzene rings is 4.